The monoisotopic (exact) mass is 167 g/mol. The Morgan fingerprint density at radius 2 is 1.92 bits per heavy atom. The SMILES string of the molecule is C#CCCCCNC(CC)CC. The number of terminal acetylenes is 1. The average Bonchev–Trinajstić information content (AvgIpc) is 2.11. The van der Waals surface area contributed by atoms with Crippen molar-refractivity contribution in [2.75, 3.05) is 6.54 Å². The highest BCUT2D eigenvalue weighted by atomic mass is 14.9. The van der Waals surface area contributed by atoms with Gasteiger partial charge in [-0.1, -0.05) is 13.8 Å². The summed E-state index contributed by atoms with van der Waals surface area (Å²) in [5, 5.41) is 3.51. The maximum absolute atomic E-state index is 5.15. The molecule has 0 unspecified atom stereocenters. The van der Waals surface area contributed by atoms with Crippen LogP contribution in [0.15, 0.2) is 0 Å². The molecule has 0 atom stereocenters. The first-order chi connectivity index (χ1) is 5.85. The van der Waals surface area contributed by atoms with Gasteiger partial charge in [0, 0.05) is 12.5 Å². The van der Waals surface area contributed by atoms with Crippen LogP contribution in [-0.2, 0) is 0 Å². The zero-order valence-corrected chi connectivity index (χ0v) is 8.40. The Bertz CT molecular complexity index is 119. The Balaban J connectivity index is 3.13. The van der Waals surface area contributed by atoms with E-state index in [1.54, 1.807) is 0 Å². The van der Waals surface area contributed by atoms with E-state index in [0.717, 1.165) is 19.4 Å². The highest BCUT2D eigenvalue weighted by molar-refractivity contribution is 4.82. The Kier molecular flexibility index (Phi) is 8.27. The van der Waals surface area contributed by atoms with Crippen molar-refractivity contribution in [2.24, 2.45) is 0 Å². The topological polar surface area (TPSA) is 12.0 Å². The van der Waals surface area contributed by atoms with Crippen LogP contribution in [0.4, 0.5) is 0 Å². The number of nitrogens with one attached hydrogen (secondary N) is 1. The fourth-order valence-electron chi connectivity index (χ4n) is 1.24. The summed E-state index contributed by atoms with van der Waals surface area (Å²) in [6, 6.07) is 0.704. The molecule has 70 valence electrons. The molecule has 0 radical (unpaired) electrons. The fourth-order valence-corrected chi connectivity index (χ4v) is 1.24. The lowest BCUT2D eigenvalue weighted by Gasteiger charge is -2.13. The van der Waals surface area contributed by atoms with Crippen molar-refractivity contribution in [3.8, 4) is 12.3 Å². The van der Waals surface area contributed by atoms with Gasteiger partial charge in [-0.3, -0.25) is 0 Å². The van der Waals surface area contributed by atoms with Gasteiger partial charge >= 0.3 is 0 Å². The van der Waals surface area contributed by atoms with Crippen LogP contribution in [0.5, 0.6) is 0 Å². The van der Waals surface area contributed by atoms with Crippen LogP contribution in [-0.4, -0.2) is 12.6 Å². The first-order valence-corrected chi connectivity index (χ1v) is 5.02. The maximum Gasteiger partial charge on any atom is 0.00865 e. The second-order valence-corrected chi connectivity index (χ2v) is 3.13. The van der Waals surface area contributed by atoms with Crippen molar-refractivity contribution in [2.45, 2.75) is 52.0 Å². The minimum atomic E-state index is 0.704. The molecule has 0 aromatic carbocycles. The van der Waals surface area contributed by atoms with Crippen molar-refractivity contribution < 1.29 is 0 Å². The van der Waals surface area contributed by atoms with Gasteiger partial charge in [0.05, 0.1) is 0 Å². The second-order valence-electron chi connectivity index (χ2n) is 3.13. The van der Waals surface area contributed by atoms with Crippen LogP contribution in [0.3, 0.4) is 0 Å². The van der Waals surface area contributed by atoms with E-state index in [1.165, 1.54) is 19.3 Å². The van der Waals surface area contributed by atoms with Gasteiger partial charge in [-0.2, -0.15) is 0 Å². The summed E-state index contributed by atoms with van der Waals surface area (Å²) in [5.74, 6) is 2.66. The summed E-state index contributed by atoms with van der Waals surface area (Å²) in [5.41, 5.74) is 0. The highest BCUT2D eigenvalue weighted by Crippen LogP contribution is 1.97. The first kappa shape index (κ1) is 11.5. The Labute approximate surface area is 76.9 Å². The van der Waals surface area contributed by atoms with E-state index >= 15 is 0 Å². The maximum atomic E-state index is 5.15. The van der Waals surface area contributed by atoms with Crippen molar-refractivity contribution in [3.63, 3.8) is 0 Å². The molecule has 1 N–H and O–H groups in total. The molecule has 0 spiro atoms. The summed E-state index contributed by atoms with van der Waals surface area (Å²) < 4.78 is 0. The number of unbranched alkanes of at least 4 members (excludes halogenated alkanes) is 2. The van der Waals surface area contributed by atoms with Gasteiger partial charge in [0.1, 0.15) is 0 Å². The van der Waals surface area contributed by atoms with Gasteiger partial charge in [0.15, 0.2) is 0 Å². The molecule has 0 saturated carbocycles. The van der Waals surface area contributed by atoms with Gasteiger partial charge in [-0.25, -0.2) is 0 Å². The summed E-state index contributed by atoms with van der Waals surface area (Å²) in [7, 11) is 0. The van der Waals surface area contributed by atoms with Crippen molar-refractivity contribution in [3.05, 3.63) is 0 Å². The molecule has 1 heteroatoms. The van der Waals surface area contributed by atoms with Crippen LogP contribution >= 0.6 is 0 Å². The van der Waals surface area contributed by atoms with Gasteiger partial charge in [-0.05, 0) is 32.2 Å². The molecule has 0 bridgehead atoms. The molecule has 1 nitrogen and oxygen atoms in total. The molecular formula is C11H21N. The first-order valence-electron chi connectivity index (χ1n) is 5.02. The van der Waals surface area contributed by atoms with Crippen LogP contribution in [0.2, 0.25) is 0 Å². The third kappa shape index (κ3) is 6.24. The molecule has 0 aliphatic carbocycles. The Hall–Kier alpha value is -0.480. The second kappa shape index (κ2) is 8.62. The molecule has 0 aromatic rings. The lowest BCUT2D eigenvalue weighted by Crippen LogP contribution is -2.28. The van der Waals surface area contributed by atoms with E-state index < -0.39 is 0 Å². The standard InChI is InChI=1S/C11H21N/c1-4-7-8-9-10-12-11(5-2)6-3/h1,11-12H,5-10H2,2-3H3. The van der Waals surface area contributed by atoms with E-state index in [2.05, 4.69) is 25.1 Å². The highest BCUT2D eigenvalue weighted by Gasteiger charge is 1.99. The molecule has 0 heterocycles. The minimum absolute atomic E-state index is 0.704. The van der Waals surface area contributed by atoms with Gasteiger partial charge in [0.25, 0.3) is 0 Å². The third-order valence-electron chi connectivity index (χ3n) is 2.17. The van der Waals surface area contributed by atoms with Gasteiger partial charge < -0.3 is 5.32 Å². The molecule has 0 aliphatic rings. The third-order valence-corrected chi connectivity index (χ3v) is 2.17. The van der Waals surface area contributed by atoms with E-state index in [-0.39, 0.29) is 0 Å². The van der Waals surface area contributed by atoms with Crippen LogP contribution in [0.25, 0.3) is 0 Å². The predicted molar refractivity (Wildman–Crippen MR) is 55.1 cm³/mol. The fraction of sp³-hybridized carbons (Fsp3) is 0.818. The summed E-state index contributed by atoms with van der Waals surface area (Å²) in [6.45, 7) is 5.57. The molecular weight excluding hydrogens is 146 g/mol. The Morgan fingerprint density at radius 3 is 2.42 bits per heavy atom. The van der Waals surface area contributed by atoms with Crippen LogP contribution < -0.4 is 5.32 Å². The lowest BCUT2D eigenvalue weighted by molar-refractivity contribution is 0.475. The van der Waals surface area contributed by atoms with Crippen molar-refractivity contribution >= 4 is 0 Å². The Morgan fingerprint density at radius 1 is 1.25 bits per heavy atom. The molecule has 0 aromatic heterocycles. The number of hydrogen-bond donors (Lipinski definition) is 1. The number of rotatable bonds is 7. The van der Waals surface area contributed by atoms with E-state index in [1.807, 2.05) is 0 Å². The van der Waals surface area contributed by atoms with Crippen LogP contribution in [0, 0.1) is 12.3 Å². The molecule has 12 heavy (non-hydrogen) atoms. The molecule has 0 fully saturated rings. The quantitative estimate of drug-likeness (QED) is 0.454. The summed E-state index contributed by atoms with van der Waals surface area (Å²) in [6.07, 6.45) is 10.9. The average molecular weight is 167 g/mol. The summed E-state index contributed by atoms with van der Waals surface area (Å²) >= 11 is 0. The van der Waals surface area contributed by atoms with E-state index in [4.69, 9.17) is 6.42 Å². The smallest absolute Gasteiger partial charge is 0.00865 e. The number of hydrogen-bond acceptors (Lipinski definition) is 1. The van der Waals surface area contributed by atoms with Crippen molar-refractivity contribution in [1.82, 2.24) is 5.32 Å². The molecule has 0 saturated heterocycles. The van der Waals surface area contributed by atoms with Gasteiger partial charge in [-0.15, -0.1) is 12.3 Å². The zero-order valence-electron chi connectivity index (χ0n) is 8.40. The minimum Gasteiger partial charge on any atom is -0.314 e. The lowest BCUT2D eigenvalue weighted by atomic mass is 10.1. The zero-order chi connectivity index (χ0) is 9.23. The van der Waals surface area contributed by atoms with Gasteiger partial charge in [0.2, 0.25) is 0 Å². The molecule has 0 rings (SSSR count). The van der Waals surface area contributed by atoms with Crippen molar-refractivity contribution in [1.29, 1.82) is 0 Å². The summed E-state index contributed by atoms with van der Waals surface area (Å²) in [4.78, 5) is 0. The molecule has 0 amide bonds. The molecule has 0 aliphatic heterocycles. The largest absolute Gasteiger partial charge is 0.314 e. The van der Waals surface area contributed by atoms with E-state index in [9.17, 15) is 0 Å². The normalized spacial score (nSPS) is 10.2. The van der Waals surface area contributed by atoms with Crippen LogP contribution in [0.1, 0.15) is 46.0 Å². The van der Waals surface area contributed by atoms with E-state index in [0.29, 0.717) is 6.04 Å². The predicted octanol–water partition coefficient (Wildman–Crippen LogP) is 2.57.